The highest BCUT2D eigenvalue weighted by Crippen LogP contribution is 2.39. The normalized spacial score (nSPS) is 16.1. The van der Waals surface area contributed by atoms with Gasteiger partial charge in [0, 0.05) is 30.9 Å². The molecule has 1 unspecified atom stereocenters. The van der Waals surface area contributed by atoms with Crippen LogP contribution in [-0.2, 0) is 11.0 Å². The van der Waals surface area contributed by atoms with Crippen LogP contribution in [-0.4, -0.2) is 51.1 Å². The Kier molecular flexibility index (Phi) is 6.36. The van der Waals surface area contributed by atoms with Gasteiger partial charge < -0.3 is 15.5 Å². The van der Waals surface area contributed by atoms with Gasteiger partial charge in [-0.05, 0) is 24.3 Å². The summed E-state index contributed by atoms with van der Waals surface area (Å²) >= 11 is 0. The summed E-state index contributed by atoms with van der Waals surface area (Å²) in [6, 6.07) is 5.40. The number of fused-ring (bicyclic) bond motifs is 1. The predicted molar refractivity (Wildman–Crippen MR) is 122 cm³/mol. The molecule has 9 nitrogen and oxygen atoms in total. The lowest BCUT2D eigenvalue weighted by Crippen LogP contribution is -2.55. The van der Waals surface area contributed by atoms with E-state index in [1.165, 1.54) is 17.0 Å². The molecule has 2 aromatic heterocycles. The highest BCUT2D eigenvalue weighted by atomic mass is 19.4. The Balaban J connectivity index is 1.92. The molecule has 1 aromatic carbocycles. The molecule has 1 aliphatic rings. The fraction of sp³-hybridized carbons (Fsp3) is 0.261. The summed E-state index contributed by atoms with van der Waals surface area (Å²) in [4.78, 5) is 32.6. The molecule has 0 radical (unpaired) electrons. The first kappa shape index (κ1) is 24.6. The van der Waals surface area contributed by atoms with Crippen LogP contribution in [0.4, 0.5) is 29.1 Å². The monoisotopic (exact) mass is 501 g/mol. The molecule has 1 amide bonds. The number of nitriles is 1. The van der Waals surface area contributed by atoms with Crippen LogP contribution in [0.2, 0.25) is 0 Å². The van der Waals surface area contributed by atoms with Crippen molar-refractivity contribution >= 4 is 22.9 Å². The second-order valence-electron chi connectivity index (χ2n) is 8.02. The Labute approximate surface area is 201 Å². The first-order valence-corrected chi connectivity index (χ1v) is 10.7. The van der Waals surface area contributed by atoms with E-state index in [9.17, 15) is 32.4 Å². The van der Waals surface area contributed by atoms with Gasteiger partial charge in [0.15, 0.2) is 5.82 Å². The van der Waals surface area contributed by atoms with Gasteiger partial charge in [-0.15, -0.1) is 0 Å². The van der Waals surface area contributed by atoms with Crippen LogP contribution >= 0.6 is 0 Å². The maximum atomic E-state index is 14.6. The van der Waals surface area contributed by atoms with E-state index in [0.29, 0.717) is 10.6 Å². The fourth-order valence-corrected chi connectivity index (χ4v) is 4.32. The Morgan fingerprint density at radius 2 is 2.06 bits per heavy atom. The summed E-state index contributed by atoms with van der Waals surface area (Å²) in [7, 11) is 0. The number of alkyl halides is 3. The molecule has 4 rings (SSSR count). The predicted octanol–water partition coefficient (Wildman–Crippen LogP) is 2.61. The van der Waals surface area contributed by atoms with E-state index in [-0.39, 0.29) is 49.0 Å². The number of hydrogen-bond donors (Lipinski definition) is 1. The number of nitrogen functional groups attached to an aromatic ring is 1. The Morgan fingerprint density at radius 3 is 2.69 bits per heavy atom. The lowest BCUT2D eigenvalue weighted by molar-refractivity contribution is -0.137. The standard InChI is InChI=1S/C23H19F4N7O2/c1-2-18(35)33-9-8-32(11-13(33)6-7-28)21-17-10-14(23(25,26)27)19(22(36)34(17)31-12-30-21)20-15(24)4-3-5-16(20)29/h2-5,10,12-13H,1,6,8-9,11,29H2. The van der Waals surface area contributed by atoms with Crippen molar-refractivity contribution in [1.29, 1.82) is 5.26 Å². The van der Waals surface area contributed by atoms with Crippen molar-refractivity contribution in [3.05, 3.63) is 65.0 Å². The number of hydrogen-bond acceptors (Lipinski definition) is 7. The maximum absolute atomic E-state index is 14.6. The molecule has 186 valence electrons. The van der Waals surface area contributed by atoms with Crippen LogP contribution < -0.4 is 16.2 Å². The molecule has 1 saturated heterocycles. The summed E-state index contributed by atoms with van der Waals surface area (Å²) in [5, 5.41) is 13.0. The van der Waals surface area contributed by atoms with Gasteiger partial charge in [-0.25, -0.2) is 9.37 Å². The van der Waals surface area contributed by atoms with E-state index in [2.05, 4.69) is 16.7 Å². The van der Waals surface area contributed by atoms with Crippen LogP contribution in [0, 0.1) is 17.1 Å². The number of piperazine rings is 1. The highest BCUT2D eigenvalue weighted by molar-refractivity contribution is 5.87. The van der Waals surface area contributed by atoms with Crippen LogP contribution in [0.3, 0.4) is 0 Å². The Morgan fingerprint density at radius 1 is 1.31 bits per heavy atom. The topological polar surface area (TPSA) is 121 Å². The molecule has 2 N–H and O–H groups in total. The fourth-order valence-electron chi connectivity index (χ4n) is 4.32. The minimum absolute atomic E-state index is 0.00528. The SMILES string of the molecule is C=CC(=O)N1CCN(c2ncnn3c(=O)c(-c4c(N)cccc4F)c(C(F)(F)F)cc23)CC1CC#N. The van der Waals surface area contributed by atoms with Gasteiger partial charge in [-0.2, -0.15) is 28.0 Å². The lowest BCUT2D eigenvalue weighted by Gasteiger charge is -2.40. The zero-order chi connectivity index (χ0) is 26.2. The molecule has 13 heteroatoms. The van der Waals surface area contributed by atoms with E-state index >= 15 is 0 Å². The second-order valence-corrected chi connectivity index (χ2v) is 8.02. The van der Waals surface area contributed by atoms with Crippen molar-refractivity contribution in [1.82, 2.24) is 19.5 Å². The third kappa shape index (κ3) is 4.21. The van der Waals surface area contributed by atoms with Crippen molar-refractivity contribution in [3.63, 3.8) is 0 Å². The van der Waals surface area contributed by atoms with E-state index in [1.807, 2.05) is 6.07 Å². The van der Waals surface area contributed by atoms with Crippen molar-refractivity contribution in [3.8, 4) is 17.2 Å². The first-order valence-electron chi connectivity index (χ1n) is 10.7. The van der Waals surface area contributed by atoms with E-state index in [0.717, 1.165) is 18.5 Å². The molecule has 0 saturated carbocycles. The number of pyridine rings is 1. The molecule has 1 atom stereocenters. The van der Waals surface area contributed by atoms with Crippen molar-refractivity contribution in [2.45, 2.75) is 18.6 Å². The number of nitrogens with zero attached hydrogens (tertiary/aromatic N) is 6. The molecule has 1 fully saturated rings. The van der Waals surface area contributed by atoms with Crippen LogP contribution in [0.1, 0.15) is 12.0 Å². The smallest absolute Gasteiger partial charge is 0.398 e. The average Bonchev–Trinajstić information content (AvgIpc) is 2.83. The number of anilines is 2. The molecule has 0 aliphatic carbocycles. The second kappa shape index (κ2) is 9.29. The first-order chi connectivity index (χ1) is 17.1. The third-order valence-corrected chi connectivity index (χ3v) is 5.93. The van der Waals surface area contributed by atoms with Gasteiger partial charge in [0.05, 0.1) is 29.7 Å². The molecular formula is C23H19F4N7O2. The molecule has 36 heavy (non-hydrogen) atoms. The maximum Gasteiger partial charge on any atom is 0.417 e. The largest absolute Gasteiger partial charge is 0.417 e. The molecule has 3 aromatic rings. The summed E-state index contributed by atoms with van der Waals surface area (Å²) < 4.78 is 57.8. The number of nitrogens with two attached hydrogens (primary N) is 1. The van der Waals surface area contributed by atoms with E-state index < -0.39 is 40.3 Å². The van der Waals surface area contributed by atoms with Crippen LogP contribution in [0.25, 0.3) is 16.6 Å². The number of carbonyl (C=O) groups excluding carboxylic acids is 1. The molecule has 3 heterocycles. The number of benzene rings is 1. The summed E-state index contributed by atoms with van der Waals surface area (Å²) in [6.45, 7) is 3.82. The quantitative estimate of drug-likeness (QED) is 0.331. The van der Waals surface area contributed by atoms with Crippen molar-refractivity contribution < 1.29 is 22.4 Å². The van der Waals surface area contributed by atoms with Gasteiger partial charge in [0.25, 0.3) is 5.56 Å². The minimum Gasteiger partial charge on any atom is -0.398 e. The zero-order valence-corrected chi connectivity index (χ0v) is 18.7. The lowest BCUT2D eigenvalue weighted by atomic mass is 9.98. The van der Waals surface area contributed by atoms with Gasteiger partial charge in [-0.1, -0.05) is 12.6 Å². The van der Waals surface area contributed by atoms with Crippen LogP contribution in [0.5, 0.6) is 0 Å². The minimum atomic E-state index is -5.04. The molecule has 0 spiro atoms. The van der Waals surface area contributed by atoms with E-state index in [4.69, 9.17) is 5.73 Å². The Hall–Kier alpha value is -4.47. The molecular weight excluding hydrogens is 482 g/mol. The van der Waals surface area contributed by atoms with Crippen molar-refractivity contribution in [2.75, 3.05) is 30.3 Å². The highest BCUT2D eigenvalue weighted by Gasteiger charge is 2.38. The van der Waals surface area contributed by atoms with Crippen LogP contribution in [0.15, 0.2) is 48.0 Å². The van der Waals surface area contributed by atoms with E-state index in [1.54, 1.807) is 4.90 Å². The van der Waals surface area contributed by atoms with Gasteiger partial charge in [0.2, 0.25) is 5.91 Å². The number of rotatable bonds is 4. The zero-order valence-electron chi connectivity index (χ0n) is 18.7. The summed E-state index contributed by atoms with van der Waals surface area (Å²) in [5.41, 5.74) is 0.885. The summed E-state index contributed by atoms with van der Waals surface area (Å²) in [6.07, 6.45) is -2.97. The van der Waals surface area contributed by atoms with Gasteiger partial charge in [-0.3, -0.25) is 9.59 Å². The van der Waals surface area contributed by atoms with Crippen molar-refractivity contribution in [2.24, 2.45) is 0 Å². The Bertz CT molecular complexity index is 1440. The molecule has 1 aliphatic heterocycles. The summed E-state index contributed by atoms with van der Waals surface area (Å²) in [5.74, 6) is -1.48. The number of carbonyl (C=O) groups is 1. The van der Waals surface area contributed by atoms with Gasteiger partial charge >= 0.3 is 6.18 Å². The average molecular weight is 501 g/mol. The number of halogens is 4. The number of aromatic nitrogens is 3. The molecule has 0 bridgehead atoms. The third-order valence-electron chi connectivity index (χ3n) is 5.93. The number of amides is 1. The van der Waals surface area contributed by atoms with Gasteiger partial charge in [0.1, 0.15) is 17.7 Å².